The first-order valence-electron chi connectivity index (χ1n) is 10.9. The fraction of sp³-hybridized carbons (Fsp3) is 0.682. The zero-order valence-corrected chi connectivity index (χ0v) is 20.6. The maximum absolute atomic E-state index is 12.6. The number of nitrogens with one attached hydrogen (secondary N) is 2. The van der Waals surface area contributed by atoms with Crippen molar-refractivity contribution >= 4 is 29.9 Å². The van der Waals surface area contributed by atoms with E-state index in [4.69, 9.17) is 4.74 Å². The zero-order valence-electron chi connectivity index (χ0n) is 18.3. The summed E-state index contributed by atoms with van der Waals surface area (Å²) in [5, 5.41) is 6.52. The lowest BCUT2D eigenvalue weighted by Crippen LogP contribution is -2.40. The van der Waals surface area contributed by atoms with Gasteiger partial charge in [-0.15, -0.1) is 24.0 Å². The van der Waals surface area contributed by atoms with Crippen LogP contribution in [0.2, 0.25) is 0 Å². The van der Waals surface area contributed by atoms with Crippen molar-refractivity contribution in [2.24, 2.45) is 16.8 Å². The Balaban J connectivity index is 0.00000341. The number of hydrogen-bond donors (Lipinski definition) is 2. The highest BCUT2D eigenvalue weighted by molar-refractivity contribution is 14.0. The monoisotopic (exact) mass is 554 g/mol. The summed E-state index contributed by atoms with van der Waals surface area (Å²) in [6.45, 7) is 6.74. The Morgan fingerprint density at radius 2 is 1.97 bits per heavy atom. The standard InChI is InChI=1S/C22H33F3N4O.HI/c1-3-26-21(27-11-18-8-9-29(13-18)15-22(23,24)25)28-12-19-7-4-16(2)10-20(19)30-14-17-5-6-17;/h4,7,10,17-18H,3,5-6,8-9,11-15H2,1-2H3,(H2,26,27,28);1H. The van der Waals surface area contributed by atoms with Crippen LogP contribution in [0.4, 0.5) is 13.2 Å². The molecule has 9 heteroatoms. The van der Waals surface area contributed by atoms with E-state index >= 15 is 0 Å². The van der Waals surface area contributed by atoms with Gasteiger partial charge >= 0.3 is 6.18 Å². The van der Waals surface area contributed by atoms with Crippen molar-refractivity contribution in [2.45, 2.75) is 45.8 Å². The first-order chi connectivity index (χ1) is 14.3. The molecule has 1 unspecified atom stereocenters. The molecule has 31 heavy (non-hydrogen) atoms. The molecule has 0 radical (unpaired) electrons. The number of aliphatic imine (C=N–C) groups is 1. The SMILES string of the molecule is CCNC(=NCc1ccc(C)cc1OCC1CC1)NCC1CCN(CC(F)(F)F)C1.I. The second-order valence-corrected chi connectivity index (χ2v) is 8.45. The Kier molecular flexibility index (Phi) is 10.2. The molecule has 1 heterocycles. The van der Waals surface area contributed by atoms with E-state index in [9.17, 15) is 13.2 Å². The molecule has 3 rings (SSSR count). The molecule has 0 spiro atoms. The van der Waals surface area contributed by atoms with E-state index in [2.05, 4.69) is 33.8 Å². The van der Waals surface area contributed by atoms with Crippen LogP contribution in [-0.4, -0.2) is 56.4 Å². The van der Waals surface area contributed by atoms with E-state index in [1.165, 1.54) is 17.7 Å². The Morgan fingerprint density at radius 3 is 2.65 bits per heavy atom. The van der Waals surface area contributed by atoms with Gasteiger partial charge in [0.05, 0.1) is 19.7 Å². The van der Waals surface area contributed by atoms with Crippen LogP contribution in [0.1, 0.15) is 37.3 Å². The van der Waals surface area contributed by atoms with Crippen LogP contribution in [-0.2, 0) is 6.54 Å². The summed E-state index contributed by atoms with van der Waals surface area (Å²) in [7, 11) is 0. The quantitative estimate of drug-likeness (QED) is 0.271. The Morgan fingerprint density at radius 1 is 1.19 bits per heavy atom. The van der Waals surface area contributed by atoms with Crippen LogP contribution in [0.25, 0.3) is 0 Å². The highest BCUT2D eigenvalue weighted by atomic mass is 127. The van der Waals surface area contributed by atoms with Crippen LogP contribution < -0.4 is 15.4 Å². The molecule has 1 aliphatic carbocycles. The van der Waals surface area contributed by atoms with E-state index in [-0.39, 0.29) is 29.9 Å². The number of aryl methyl sites for hydroxylation is 1. The number of alkyl halides is 3. The lowest BCUT2D eigenvalue weighted by molar-refractivity contribution is -0.143. The van der Waals surface area contributed by atoms with Crippen molar-refractivity contribution < 1.29 is 17.9 Å². The summed E-state index contributed by atoms with van der Waals surface area (Å²) in [4.78, 5) is 6.16. The van der Waals surface area contributed by atoms with Gasteiger partial charge in [-0.05, 0) is 63.1 Å². The van der Waals surface area contributed by atoms with E-state index in [1.807, 2.05) is 13.8 Å². The van der Waals surface area contributed by atoms with Gasteiger partial charge in [-0.1, -0.05) is 12.1 Å². The van der Waals surface area contributed by atoms with Gasteiger partial charge in [0, 0.05) is 25.2 Å². The Labute approximate surface area is 200 Å². The molecule has 176 valence electrons. The van der Waals surface area contributed by atoms with Gasteiger partial charge in [0.15, 0.2) is 5.96 Å². The minimum absolute atomic E-state index is 0. The maximum Gasteiger partial charge on any atom is 0.401 e. The lowest BCUT2D eigenvalue weighted by atomic mass is 10.1. The second kappa shape index (κ2) is 12.1. The third kappa shape index (κ3) is 9.43. The molecule has 2 aliphatic rings. The fourth-order valence-electron chi connectivity index (χ4n) is 3.64. The van der Waals surface area contributed by atoms with E-state index in [0.717, 1.165) is 36.4 Å². The Bertz CT molecular complexity index is 725. The summed E-state index contributed by atoms with van der Waals surface area (Å²) in [6, 6.07) is 6.17. The van der Waals surface area contributed by atoms with Crippen LogP contribution in [0.3, 0.4) is 0 Å². The van der Waals surface area contributed by atoms with Crippen molar-refractivity contribution in [3.63, 3.8) is 0 Å². The highest BCUT2D eigenvalue weighted by Crippen LogP contribution is 2.31. The number of nitrogens with zero attached hydrogens (tertiary/aromatic N) is 2. The minimum Gasteiger partial charge on any atom is -0.493 e. The van der Waals surface area contributed by atoms with E-state index in [1.54, 1.807) is 0 Å². The summed E-state index contributed by atoms with van der Waals surface area (Å²) in [5.41, 5.74) is 2.19. The summed E-state index contributed by atoms with van der Waals surface area (Å²) in [6.07, 6.45) is -0.879. The number of guanidine groups is 1. The smallest absolute Gasteiger partial charge is 0.401 e. The third-order valence-electron chi connectivity index (χ3n) is 5.48. The summed E-state index contributed by atoms with van der Waals surface area (Å²) in [5.74, 6) is 2.44. The molecule has 1 atom stereocenters. The minimum atomic E-state index is -4.13. The van der Waals surface area contributed by atoms with E-state index in [0.29, 0.717) is 38.1 Å². The molecule has 0 aromatic heterocycles. The van der Waals surface area contributed by atoms with Gasteiger partial charge in [0.25, 0.3) is 0 Å². The summed E-state index contributed by atoms with van der Waals surface area (Å²) >= 11 is 0. The summed E-state index contributed by atoms with van der Waals surface area (Å²) < 4.78 is 43.7. The molecular formula is C22H34F3IN4O. The molecule has 2 N–H and O–H groups in total. The zero-order chi connectivity index (χ0) is 21.6. The molecule has 1 aliphatic heterocycles. The highest BCUT2D eigenvalue weighted by Gasteiger charge is 2.34. The first kappa shape index (κ1) is 26.0. The fourth-order valence-corrected chi connectivity index (χ4v) is 3.64. The average Bonchev–Trinajstić information content (AvgIpc) is 3.41. The number of rotatable bonds is 9. The van der Waals surface area contributed by atoms with E-state index < -0.39 is 12.7 Å². The first-order valence-corrected chi connectivity index (χ1v) is 10.9. The molecular weight excluding hydrogens is 520 g/mol. The second-order valence-electron chi connectivity index (χ2n) is 8.45. The largest absolute Gasteiger partial charge is 0.493 e. The number of halogens is 4. The topological polar surface area (TPSA) is 48.9 Å². The van der Waals surface area contributed by atoms with Gasteiger partial charge < -0.3 is 15.4 Å². The number of benzene rings is 1. The van der Waals surface area contributed by atoms with Crippen molar-refractivity contribution in [1.82, 2.24) is 15.5 Å². The molecule has 1 aromatic rings. The number of hydrogen-bond acceptors (Lipinski definition) is 3. The van der Waals surface area contributed by atoms with Crippen molar-refractivity contribution in [3.05, 3.63) is 29.3 Å². The van der Waals surface area contributed by atoms with Gasteiger partial charge in [-0.2, -0.15) is 13.2 Å². The predicted molar refractivity (Wildman–Crippen MR) is 128 cm³/mol. The van der Waals surface area contributed by atoms with Gasteiger partial charge in [-0.25, -0.2) is 4.99 Å². The van der Waals surface area contributed by atoms with Crippen LogP contribution in [0.5, 0.6) is 5.75 Å². The maximum atomic E-state index is 12.6. The van der Waals surface area contributed by atoms with Crippen molar-refractivity contribution in [1.29, 1.82) is 0 Å². The van der Waals surface area contributed by atoms with Gasteiger partial charge in [-0.3, -0.25) is 4.90 Å². The molecule has 0 bridgehead atoms. The van der Waals surface area contributed by atoms with Crippen LogP contribution in [0, 0.1) is 18.8 Å². The number of ether oxygens (including phenoxy) is 1. The normalized spacial score (nSPS) is 19.8. The van der Waals surface area contributed by atoms with Gasteiger partial charge in [0.1, 0.15) is 5.75 Å². The molecule has 1 saturated heterocycles. The van der Waals surface area contributed by atoms with Crippen molar-refractivity contribution in [2.75, 3.05) is 39.3 Å². The molecule has 5 nitrogen and oxygen atoms in total. The average molecular weight is 554 g/mol. The lowest BCUT2D eigenvalue weighted by Gasteiger charge is -2.19. The molecule has 0 amide bonds. The third-order valence-corrected chi connectivity index (χ3v) is 5.48. The van der Waals surface area contributed by atoms with Crippen molar-refractivity contribution in [3.8, 4) is 5.75 Å². The molecule has 1 aromatic carbocycles. The molecule has 1 saturated carbocycles. The molecule has 2 fully saturated rings. The predicted octanol–water partition coefficient (Wildman–Crippen LogP) is 4.34. The Hall–Kier alpha value is -1.23. The van der Waals surface area contributed by atoms with Crippen LogP contribution in [0.15, 0.2) is 23.2 Å². The van der Waals surface area contributed by atoms with Gasteiger partial charge in [0.2, 0.25) is 0 Å². The van der Waals surface area contributed by atoms with Crippen LogP contribution >= 0.6 is 24.0 Å². The number of likely N-dealkylation sites (tertiary alicyclic amines) is 1.